The van der Waals surface area contributed by atoms with Gasteiger partial charge in [0.15, 0.2) is 0 Å². The number of amides is 1. The summed E-state index contributed by atoms with van der Waals surface area (Å²) in [5.41, 5.74) is 2.85. The Morgan fingerprint density at radius 2 is 1.95 bits per heavy atom. The molecule has 104 valence electrons. The quantitative estimate of drug-likeness (QED) is 0.928. The van der Waals surface area contributed by atoms with Crippen molar-refractivity contribution in [1.82, 2.24) is 0 Å². The third-order valence-electron chi connectivity index (χ3n) is 3.17. The first-order valence-corrected chi connectivity index (χ1v) is 6.35. The predicted octanol–water partition coefficient (Wildman–Crippen LogP) is 3.45. The molecular weight excluding hydrogens is 255 g/mol. The zero-order valence-electron chi connectivity index (χ0n) is 11.8. The molecule has 4 heteroatoms. The molecule has 2 aromatic carbocycles. The van der Waals surface area contributed by atoms with E-state index < -0.39 is 0 Å². The van der Waals surface area contributed by atoms with E-state index in [-0.39, 0.29) is 11.7 Å². The van der Waals surface area contributed by atoms with Crippen LogP contribution in [0.2, 0.25) is 0 Å². The lowest BCUT2D eigenvalue weighted by atomic mass is 10.1. The van der Waals surface area contributed by atoms with Gasteiger partial charge in [-0.1, -0.05) is 17.7 Å². The van der Waals surface area contributed by atoms with Gasteiger partial charge in [-0.25, -0.2) is 4.39 Å². The van der Waals surface area contributed by atoms with Crippen molar-refractivity contribution in [1.29, 1.82) is 0 Å². The van der Waals surface area contributed by atoms with Gasteiger partial charge in [0.05, 0.1) is 5.56 Å². The molecule has 0 unspecified atom stereocenters. The first kappa shape index (κ1) is 14.1. The molecule has 0 aliphatic carbocycles. The minimum absolute atomic E-state index is 0.177. The molecule has 0 radical (unpaired) electrons. The van der Waals surface area contributed by atoms with Crippen molar-refractivity contribution in [3.8, 4) is 0 Å². The summed E-state index contributed by atoms with van der Waals surface area (Å²) in [6.07, 6.45) is 0. The fraction of sp³-hybridized carbons (Fsp3) is 0.188. The van der Waals surface area contributed by atoms with Crippen LogP contribution < -0.4 is 10.2 Å². The number of hydrogen-bond donors (Lipinski definition) is 1. The SMILES string of the molecule is CNc1ccc(C)cc1C(=O)N(C)c1cccc(F)c1. The highest BCUT2D eigenvalue weighted by Crippen LogP contribution is 2.22. The van der Waals surface area contributed by atoms with E-state index in [0.29, 0.717) is 11.3 Å². The number of nitrogens with one attached hydrogen (secondary N) is 1. The lowest BCUT2D eigenvalue weighted by molar-refractivity contribution is 0.0993. The second-order valence-electron chi connectivity index (χ2n) is 4.64. The van der Waals surface area contributed by atoms with E-state index in [1.54, 1.807) is 26.2 Å². The number of halogens is 1. The van der Waals surface area contributed by atoms with Crippen LogP contribution in [0.25, 0.3) is 0 Å². The van der Waals surface area contributed by atoms with Crippen LogP contribution in [-0.4, -0.2) is 20.0 Å². The van der Waals surface area contributed by atoms with E-state index in [4.69, 9.17) is 0 Å². The number of rotatable bonds is 3. The topological polar surface area (TPSA) is 32.3 Å². The van der Waals surface area contributed by atoms with Crippen LogP contribution in [0.3, 0.4) is 0 Å². The Kier molecular flexibility index (Phi) is 4.03. The molecule has 0 fully saturated rings. The number of carbonyl (C=O) groups is 1. The molecule has 1 amide bonds. The van der Waals surface area contributed by atoms with E-state index >= 15 is 0 Å². The van der Waals surface area contributed by atoms with Gasteiger partial charge in [-0.05, 0) is 37.3 Å². The number of anilines is 2. The average Bonchev–Trinajstić information content (AvgIpc) is 2.45. The van der Waals surface area contributed by atoms with E-state index in [0.717, 1.165) is 11.3 Å². The van der Waals surface area contributed by atoms with Crippen molar-refractivity contribution < 1.29 is 9.18 Å². The number of carbonyl (C=O) groups excluding carboxylic acids is 1. The van der Waals surface area contributed by atoms with E-state index in [9.17, 15) is 9.18 Å². The van der Waals surface area contributed by atoms with Crippen LogP contribution in [0.15, 0.2) is 42.5 Å². The molecule has 2 rings (SSSR count). The zero-order valence-corrected chi connectivity index (χ0v) is 11.8. The number of benzene rings is 2. The number of aryl methyl sites for hydroxylation is 1. The first-order valence-electron chi connectivity index (χ1n) is 6.35. The van der Waals surface area contributed by atoms with E-state index in [1.807, 2.05) is 25.1 Å². The van der Waals surface area contributed by atoms with Gasteiger partial charge in [-0.2, -0.15) is 0 Å². The monoisotopic (exact) mass is 272 g/mol. The largest absolute Gasteiger partial charge is 0.387 e. The highest BCUT2D eigenvalue weighted by molar-refractivity contribution is 6.09. The molecule has 20 heavy (non-hydrogen) atoms. The minimum Gasteiger partial charge on any atom is -0.387 e. The summed E-state index contributed by atoms with van der Waals surface area (Å²) in [4.78, 5) is 14.0. The summed E-state index contributed by atoms with van der Waals surface area (Å²) in [6, 6.07) is 11.6. The van der Waals surface area contributed by atoms with Crippen molar-refractivity contribution in [2.24, 2.45) is 0 Å². The van der Waals surface area contributed by atoms with Crippen molar-refractivity contribution >= 4 is 17.3 Å². The van der Waals surface area contributed by atoms with Gasteiger partial charge in [-0.15, -0.1) is 0 Å². The Labute approximate surface area is 118 Å². The van der Waals surface area contributed by atoms with Gasteiger partial charge in [0.25, 0.3) is 5.91 Å². The van der Waals surface area contributed by atoms with Crippen LogP contribution in [-0.2, 0) is 0 Å². The predicted molar refractivity (Wildman–Crippen MR) is 79.9 cm³/mol. The minimum atomic E-state index is -0.361. The smallest absolute Gasteiger partial charge is 0.260 e. The molecule has 1 N–H and O–H groups in total. The van der Waals surface area contributed by atoms with Crippen LogP contribution >= 0.6 is 0 Å². The third kappa shape index (κ3) is 2.79. The summed E-state index contributed by atoms with van der Waals surface area (Å²) in [6.45, 7) is 1.93. The van der Waals surface area contributed by atoms with E-state index in [1.165, 1.54) is 17.0 Å². The molecule has 0 saturated heterocycles. The summed E-state index contributed by atoms with van der Waals surface area (Å²) in [5.74, 6) is -0.538. The molecule has 3 nitrogen and oxygen atoms in total. The Balaban J connectivity index is 2.38. The van der Waals surface area contributed by atoms with Crippen molar-refractivity contribution in [2.45, 2.75) is 6.92 Å². The zero-order chi connectivity index (χ0) is 14.7. The maximum atomic E-state index is 13.3. The van der Waals surface area contributed by atoms with Gasteiger partial charge in [0.2, 0.25) is 0 Å². The lowest BCUT2D eigenvalue weighted by Crippen LogP contribution is -2.27. The molecule has 0 spiro atoms. The second-order valence-corrected chi connectivity index (χ2v) is 4.64. The third-order valence-corrected chi connectivity index (χ3v) is 3.17. The summed E-state index contributed by atoms with van der Waals surface area (Å²) < 4.78 is 13.3. The molecule has 0 atom stereocenters. The Bertz CT molecular complexity index is 640. The first-order chi connectivity index (χ1) is 9.52. The summed E-state index contributed by atoms with van der Waals surface area (Å²) >= 11 is 0. The fourth-order valence-corrected chi connectivity index (χ4v) is 2.04. The van der Waals surface area contributed by atoms with Crippen LogP contribution in [0, 0.1) is 12.7 Å². The normalized spacial score (nSPS) is 10.2. The average molecular weight is 272 g/mol. The molecule has 0 bridgehead atoms. The summed E-state index contributed by atoms with van der Waals surface area (Å²) in [5, 5.41) is 3.00. The maximum Gasteiger partial charge on any atom is 0.260 e. The number of nitrogens with zero attached hydrogens (tertiary/aromatic N) is 1. The van der Waals surface area contributed by atoms with Crippen LogP contribution in [0.1, 0.15) is 15.9 Å². The lowest BCUT2D eigenvalue weighted by Gasteiger charge is -2.19. The highest BCUT2D eigenvalue weighted by atomic mass is 19.1. The molecule has 0 aliphatic rings. The Morgan fingerprint density at radius 1 is 1.20 bits per heavy atom. The second kappa shape index (κ2) is 5.74. The van der Waals surface area contributed by atoms with Gasteiger partial charge >= 0.3 is 0 Å². The standard InChI is InChI=1S/C16H17FN2O/c1-11-7-8-15(18-2)14(9-11)16(20)19(3)13-6-4-5-12(17)10-13/h4-10,18H,1-3H3. The van der Waals surface area contributed by atoms with Gasteiger partial charge < -0.3 is 10.2 Å². The fourth-order valence-electron chi connectivity index (χ4n) is 2.04. The Hall–Kier alpha value is -2.36. The van der Waals surface area contributed by atoms with Gasteiger partial charge in [0.1, 0.15) is 5.82 Å². The molecule has 0 aliphatic heterocycles. The Morgan fingerprint density at radius 3 is 2.60 bits per heavy atom. The molecule has 2 aromatic rings. The molecule has 0 heterocycles. The maximum absolute atomic E-state index is 13.3. The van der Waals surface area contributed by atoms with Gasteiger partial charge in [-0.3, -0.25) is 4.79 Å². The van der Waals surface area contributed by atoms with Crippen molar-refractivity contribution in [3.63, 3.8) is 0 Å². The highest BCUT2D eigenvalue weighted by Gasteiger charge is 2.17. The van der Waals surface area contributed by atoms with Gasteiger partial charge in [0, 0.05) is 25.5 Å². The molecule has 0 aromatic heterocycles. The van der Waals surface area contributed by atoms with Crippen molar-refractivity contribution in [3.05, 3.63) is 59.4 Å². The number of hydrogen-bond acceptors (Lipinski definition) is 2. The van der Waals surface area contributed by atoms with E-state index in [2.05, 4.69) is 5.32 Å². The summed E-state index contributed by atoms with van der Waals surface area (Å²) in [7, 11) is 3.41. The van der Waals surface area contributed by atoms with Crippen LogP contribution in [0.5, 0.6) is 0 Å². The van der Waals surface area contributed by atoms with Crippen LogP contribution in [0.4, 0.5) is 15.8 Å². The van der Waals surface area contributed by atoms with Crippen molar-refractivity contribution in [2.75, 3.05) is 24.3 Å². The molecule has 0 saturated carbocycles. The molecular formula is C16H17FN2O.